The zero-order valence-electron chi connectivity index (χ0n) is 13.8. The molecule has 1 amide bonds. The van der Waals surface area contributed by atoms with E-state index in [9.17, 15) is 4.79 Å². The van der Waals surface area contributed by atoms with E-state index in [0.717, 1.165) is 25.2 Å². The van der Waals surface area contributed by atoms with E-state index in [-0.39, 0.29) is 30.7 Å². The first-order chi connectivity index (χ1) is 10.3. The first-order valence-corrected chi connectivity index (χ1v) is 8.03. The Bertz CT molecular complexity index is 451. The minimum absolute atomic E-state index is 0. The highest BCUT2D eigenvalue weighted by Crippen LogP contribution is 2.16. The third-order valence-corrected chi connectivity index (χ3v) is 3.90. The maximum absolute atomic E-state index is 11.8. The number of halogens is 2. The fourth-order valence-corrected chi connectivity index (χ4v) is 2.77. The molecule has 1 heterocycles. The first kappa shape index (κ1) is 22.2. The second-order valence-corrected chi connectivity index (χ2v) is 5.79. The van der Waals surface area contributed by atoms with Gasteiger partial charge in [-0.25, -0.2) is 0 Å². The molecular formula is C17H29Cl2N3O. The van der Waals surface area contributed by atoms with Gasteiger partial charge in [0.05, 0.1) is 0 Å². The van der Waals surface area contributed by atoms with Gasteiger partial charge in [-0.1, -0.05) is 18.6 Å². The van der Waals surface area contributed by atoms with Gasteiger partial charge in [-0.2, -0.15) is 0 Å². The number of piperidine rings is 1. The van der Waals surface area contributed by atoms with Crippen LogP contribution in [0, 0.1) is 0 Å². The minimum Gasteiger partial charge on any atom is -0.326 e. The van der Waals surface area contributed by atoms with Gasteiger partial charge in [-0.05, 0) is 63.6 Å². The highest BCUT2D eigenvalue weighted by molar-refractivity contribution is 5.90. The van der Waals surface area contributed by atoms with Gasteiger partial charge >= 0.3 is 0 Å². The second-order valence-electron chi connectivity index (χ2n) is 5.79. The molecule has 1 saturated heterocycles. The van der Waals surface area contributed by atoms with Crippen molar-refractivity contribution in [2.24, 2.45) is 0 Å². The van der Waals surface area contributed by atoms with Crippen molar-refractivity contribution in [3.8, 4) is 0 Å². The second kappa shape index (κ2) is 12.6. The van der Waals surface area contributed by atoms with E-state index in [1.165, 1.54) is 37.9 Å². The standard InChI is InChI=1S/C17H27N3O.2ClH/c1-18-10-6-9-17(21)19-16-8-5-7-15(13-16)14-20-11-3-2-4-12-20;;/h5,7-8,13,18H,2-4,6,9-12,14H2,1H3,(H,19,21);2*1H. The van der Waals surface area contributed by atoms with Gasteiger partial charge in [0.25, 0.3) is 0 Å². The Kier molecular flexibility index (Phi) is 12.1. The van der Waals surface area contributed by atoms with Crippen LogP contribution in [0.1, 0.15) is 37.7 Å². The normalized spacial score (nSPS) is 14.5. The molecule has 4 nitrogen and oxygen atoms in total. The Labute approximate surface area is 152 Å². The van der Waals surface area contributed by atoms with E-state index >= 15 is 0 Å². The molecule has 1 fully saturated rings. The molecule has 0 unspecified atom stereocenters. The maximum atomic E-state index is 11.8. The molecule has 0 radical (unpaired) electrons. The van der Waals surface area contributed by atoms with Crippen molar-refractivity contribution in [1.82, 2.24) is 10.2 Å². The molecule has 1 aromatic rings. The summed E-state index contributed by atoms with van der Waals surface area (Å²) in [7, 11) is 1.90. The monoisotopic (exact) mass is 361 g/mol. The third kappa shape index (κ3) is 8.56. The van der Waals surface area contributed by atoms with Crippen LogP contribution in [0.3, 0.4) is 0 Å². The van der Waals surface area contributed by atoms with Crippen molar-refractivity contribution in [3.05, 3.63) is 29.8 Å². The number of nitrogens with one attached hydrogen (secondary N) is 2. The molecule has 2 N–H and O–H groups in total. The van der Waals surface area contributed by atoms with Gasteiger partial charge in [0.15, 0.2) is 0 Å². The lowest BCUT2D eigenvalue weighted by Gasteiger charge is -2.26. The topological polar surface area (TPSA) is 44.4 Å². The molecule has 23 heavy (non-hydrogen) atoms. The summed E-state index contributed by atoms with van der Waals surface area (Å²) in [6.07, 6.45) is 5.41. The lowest BCUT2D eigenvalue weighted by atomic mass is 10.1. The van der Waals surface area contributed by atoms with Gasteiger partial charge in [-0.3, -0.25) is 9.69 Å². The molecule has 0 aliphatic carbocycles. The predicted molar refractivity (Wildman–Crippen MR) is 102 cm³/mol. The van der Waals surface area contributed by atoms with E-state index in [4.69, 9.17) is 0 Å². The number of hydrogen-bond acceptors (Lipinski definition) is 3. The molecule has 0 aromatic heterocycles. The molecular weight excluding hydrogens is 333 g/mol. The van der Waals surface area contributed by atoms with Crippen LogP contribution in [0.15, 0.2) is 24.3 Å². The smallest absolute Gasteiger partial charge is 0.224 e. The zero-order chi connectivity index (χ0) is 14.9. The van der Waals surface area contributed by atoms with E-state index in [1.54, 1.807) is 0 Å². The number of hydrogen-bond donors (Lipinski definition) is 2. The van der Waals surface area contributed by atoms with Crippen LogP contribution in [-0.4, -0.2) is 37.5 Å². The lowest BCUT2D eigenvalue weighted by Crippen LogP contribution is -2.29. The Hall–Kier alpha value is -0.810. The maximum Gasteiger partial charge on any atom is 0.224 e. The van der Waals surface area contributed by atoms with Gasteiger partial charge in [-0.15, -0.1) is 24.8 Å². The summed E-state index contributed by atoms with van der Waals surface area (Å²) >= 11 is 0. The van der Waals surface area contributed by atoms with Crippen LogP contribution in [0.25, 0.3) is 0 Å². The first-order valence-electron chi connectivity index (χ1n) is 8.03. The van der Waals surface area contributed by atoms with Crippen LogP contribution in [0.4, 0.5) is 5.69 Å². The van der Waals surface area contributed by atoms with Crippen molar-refractivity contribution >= 4 is 36.4 Å². The Morgan fingerprint density at radius 2 is 1.91 bits per heavy atom. The Morgan fingerprint density at radius 3 is 2.61 bits per heavy atom. The van der Waals surface area contributed by atoms with Gasteiger partial charge in [0, 0.05) is 18.7 Å². The van der Waals surface area contributed by atoms with Crippen LogP contribution in [-0.2, 0) is 11.3 Å². The van der Waals surface area contributed by atoms with Crippen LogP contribution < -0.4 is 10.6 Å². The van der Waals surface area contributed by atoms with Gasteiger partial charge in [0.2, 0.25) is 5.91 Å². The zero-order valence-corrected chi connectivity index (χ0v) is 15.5. The number of nitrogens with zero attached hydrogens (tertiary/aromatic N) is 1. The highest BCUT2D eigenvalue weighted by atomic mass is 35.5. The average molecular weight is 362 g/mol. The summed E-state index contributed by atoms with van der Waals surface area (Å²) in [5.41, 5.74) is 2.20. The number of anilines is 1. The minimum atomic E-state index is 0. The molecule has 6 heteroatoms. The molecule has 132 valence electrons. The summed E-state index contributed by atoms with van der Waals surface area (Å²) in [5.74, 6) is 0.0976. The molecule has 2 rings (SSSR count). The van der Waals surface area contributed by atoms with E-state index < -0.39 is 0 Å². The molecule has 0 atom stereocenters. The SMILES string of the molecule is CNCCCC(=O)Nc1cccc(CN2CCCCC2)c1.Cl.Cl. The molecule has 1 aliphatic rings. The number of carbonyl (C=O) groups excluding carboxylic acids is 1. The fraction of sp³-hybridized carbons (Fsp3) is 0.588. The predicted octanol–water partition coefficient (Wildman–Crippen LogP) is 3.45. The van der Waals surface area contributed by atoms with Crippen molar-refractivity contribution < 1.29 is 4.79 Å². The molecule has 0 saturated carbocycles. The largest absolute Gasteiger partial charge is 0.326 e. The quantitative estimate of drug-likeness (QED) is 0.731. The average Bonchev–Trinajstić information content (AvgIpc) is 2.49. The summed E-state index contributed by atoms with van der Waals surface area (Å²) in [6, 6.07) is 8.24. The summed E-state index contributed by atoms with van der Waals surface area (Å²) in [4.78, 5) is 14.3. The highest BCUT2D eigenvalue weighted by Gasteiger charge is 2.10. The Balaban J connectivity index is 0.00000242. The van der Waals surface area contributed by atoms with E-state index in [0.29, 0.717) is 6.42 Å². The number of likely N-dealkylation sites (tertiary alicyclic amines) is 1. The van der Waals surface area contributed by atoms with Crippen LogP contribution in [0.2, 0.25) is 0 Å². The molecule has 0 bridgehead atoms. The fourth-order valence-electron chi connectivity index (χ4n) is 2.77. The summed E-state index contributed by atoms with van der Waals surface area (Å²) in [6.45, 7) is 4.26. The lowest BCUT2D eigenvalue weighted by molar-refractivity contribution is -0.116. The van der Waals surface area contributed by atoms with Crippen molar-refractivity contribution in [1.29, 1.82) is 0 Å². The number of amides is 1. The van der Waals surface area contributed by atoms with E-state index in [1.807, 2.05) is 19.2 Å². The van der Waals surface area contributed by atoms with Crippen molar-refractivity contribution in [2.75, 3.05) is 32.0 Å². The number of carbonyl (C=O) groups is 1. The Morgan fingerprint density at radius 1 is 1.17 bits per heavy atom. The molecule has 1 aliphatic heterocycles. The number of benzene rings is 1. The third-order valence-electron chi connectivity index (χ3n) is 3.90. The van der Waals surface area contributed by atoms with Crippen molar-refractivity contribution in [3.63, 3.8) is 0 Å². The summed E-state index contributed by atoms with van der Waals surface area (Å²) in [5, 5.41) is 6.05. The summed E-state index contributed by atoms with van der Waals surface area (Å²) < 4.78 is 0. The van der Waals surface area contributed by atoms with E-state index in [2.05, 4.69) is 27.7 Å². The van der Waals surface area contributed by atoms with Crippen LogP contribution in [0.5, 0.6) is 0 Å². The number of rotatable bonds is 7. The molecule has 0 spiro atoms. The molecule has 1 aromatic carbocycles. The van der Waals surface area contributed by atoms with Crippen molar-refractivity contribution in [2.45, 2.75) is 38.6 Å². The van der Waals surface area contributed by atoms with Gasteiger partial charge < -0.3 is 10.6 Å². The van der Waals surface area contributed by atoms with Gasteiger partial charge in [0.1, 0.15) is 0 Å². The van der Waals surface area contributed by atoms with Crippen LogP contribution >= 0.6 is 24.8 Å².